The molecule has 2 aromatic carbocycles. The lowest BCUT2D eigenvalue weighted by Gasteiger charge is -2.11. The predicted molar refractivity (Wildman–Crippen MR) is 112 cm³/mol. The molecule has 0 aliphatic rings. The van der Waals surface area contributed by atoms with E-state index >= 15 is 0 Å². The molecule has 0 atom stereocenters. The lowest BCUT2D eigenvalue weighted by Crippen LogP contribution is -2.32. The summed E-state index contributed by atoms with van der Waals surface area (Å²) < 4.78 is 1.01. The van der Waals surface area contributed by atoms with E-state index in [0.29, 0.717) is 28.0 Å². The summed E-state index contributed by atoms with van der Waals surface area (Å²) in [6.45, 7) is 5.81. The standard InChI is InChI=1S/C21H20ClN3O3/c1-12(2)14-4-8-16(9-5-14)23-13(3)18-19(26)24-21(28)25(20(18)27)17-10-6-15(22)7-11-17/h4-12,27H,1-3H3,(H,24,26,28). The van der Waals surface area contributed by atoms with Crippen molar-refractivity contribution in [3.05, 3.63) is 85.5 Å². The van der Waals surface area contributed by atoms with E-state index in [1.54, 1.807) is 31.2 Å². The van der Waals surface area contributed by atoms with Gasteiger partial charge in [0.1, 0.15) is 5.56 Å². The van der Waals surface area contributed by atoms with Gasteiger partial charge >= 0.3 is 5.69 Å². The van der Waals surface area contributed by atoms with Crippen molar-refractivity contribution in [2.45, 2.75) is 26.7 Å². The Morgan fingerprint density at radius 3 is 2.25 bits per heavy atom. The van der Waals surface area contributed by atoms with Crippen LogP contribution in [0, 0.1) is 0 Å². The Morgan fingerprint density at radius 1 is 1.07 bits per heavy atom. The number of aliphatic imine (C=N–C) groups is 1. The zero-order valence-electron chi connectivity index (χ0n) is 15.7. The molecule has 0 aliphatic heterocycles. The second-order valence-electron chi connectivity index (χ2n) is 6.71. The van der Waals surface area contributed by atoms with Crippen LogP contribution in [0.15, 0.2) is 63.1 Å². The van der Waals surface area contributed by atoms with Crippen molar-refractivity contribution in [2.24, 2.45) is 4.99 Å². The monoisotopic (exact) mass is 397 g/mol. The van der Waals surface area contributed by atoms with Crippen LogP contribution < -0.4 is 11.2 Å². The molecule has 0 fully saturated rings. The van der Waals surface area contributed by atoms with Gasteiger partial charge in [-0.15, -0.1) is 0 Å². The Balaban J connectivity index is 2.10. The molecular weight excluding hydrogens is 378 g/mol. The number of aromatic amines is 1. The van der Waals surface area contributed by atoms with Gasteiger partial charge in [0.2, 0.25) is 5.88 Å². The number of hydrogen-bond acceptors (Lipinski definition) is 4. The zero-order valence-corrected chi connectivity index (χ0v) is 16.5. The summed E-state index contributed by atoms with van der Waals surface area (Å²) in [5.74, 6) is -0.0786. The van der Waals surface area contributed by atoms with Gasteiger partial charge in [-0.05, 0) is 54.8 Å². The zero-order chi connectivity index (χ0) is 20.4. The van der Waals surface area contributed by atoms with Crippen LogP contribution in [-0.2, 0) is 0 Å². The Kier molecular flexibility index (Phi) is 5.51. The first kappa shape index (κ1) is 19.6. The molecule has 1 aromatic heterocycles. The topological polar surface area (TPSA) is 87.4 Å². The molecule has 0 amide bonds. The summed E-state index contributed by atoms with van der Waals surface area (Å²) in [6.07, 6.45) is 0. The number of rotatable bonds is 4. The van der Waals surface area contributed by atoms with Crippen molar-refractivity contribution in [3.8, 4) is 11.6 Å². The van der Waals surface area contributed by atoms with Gasteiger partial charge in [0, 0.05) is 5.02 Å². The minimum Gasteiger partial charge on any atom is -0.493 e. The number of nitrogens with zero attached hydrogens (tertiary/aromatic N) is 2. The molecule has 0 spiro atoms. The highest BCUT2D eigenvalue weighted by atomic mass is 35.5. The van der Waals surface area contributed by atoms with Crippen LogP contribution >= 0.6 is 11.6 Å². The maximum Gasteiger partial charge on any atom is 0.335 e. The molecule has 144 valence electrons. The molecular formula is C21H20ClN3O3. The summed E-state index contributed by atoms with van der Waals surface area (Å²) in [7, 11) is 0. The molecule has 28 heavy (non-hydrogen) atoms. The Labute approximate surface area is 166 Å². The smallest absolute Gasteiger partial charge is 0.335 e. The van der Waals surface area contributed by atoms with Crippen molar-refractivity contribution in [2.75, 3.05) is 0 Å². The number of aromatic hydroxyl groups is 1. The fourth-order valence-electron chi connectivity index (χ4n) is 2.86. The first-order valence-electron chi connectivity index (χ1n) is 8.77. The van der Waals surface area contributed by atoms with Gasteiger partial charge in [-0.25, -0.2) is 9.36 Å². The number of hydrogen-bond donors (Lipinski definition) is 2. The molecule has 3 aromatic rings. The van der Waals surface area contributed by atoms with Gasteiger partial charge in [0.25, 0.3) is 5.56 Å². The van der Waals surface area contributed by atoms with Crippen molar-refractivity contribution in [1.29, 1.82) is 0 Å². The van der Waals surface area contributed by atoms with E-state index in [9.17, 15) is 14.7 Å². The predicted octanol–water partition coefficient (Wildman–Crippen LogP) is 4.15. The Bertz CT molecular complexity index is 1140. The summed E-state index contributed by atoms with van der Waals surface area (Å²) in [4.78, 5) is 31.3. The first-order chi connectivity index (χ1) is 13.3. The van der Waals surface area contributed by atoms with E-state index < -0.39 is 17.1 Å². The van der Waals surface area contributed by atoms with Gasteiger partial charge in [-0.3, -0.25) is 14.8 Å². The van der Waals surface area contributed by atoms with Crippen molar-refractivity contribution in [1.82, 2.24) is 9.55 Å². The normalized spacial score (nSPS) is 11.8. The number of H-pyrrole nitrogens is 1. The summed E-state index contributed by atoms with van der Waals surface area (Å²) in [5, 5.41) is 11.2. The molecule has 0 bridgehead atoms. The minimum atomic E-state index is -0.748. The van der Waals surface area contributed by atoms with E-state index in [4.69, 9.17) is 11.6 Å². The fourth-order valence-corrected chi connectivity index (χ4v) is 2.99. The number of benzene rings is 2. The van der Waals surface area contributed by atoms with Gasteiger partial charge in [0.05, 0.1) is 17.1 Å². The number of nitrogens with one attached hydrogen (secondary N) is 1. The van der Waals surface area contributed by atoms with Gasteiger partial charge < -0.3 is 5.11 Å². The van der Waals surface area contributed by atoms with E-state index in [1.807, 2.05) is 24.3 Å². The average Bonchev–Trinajstić information content (AvgIpc) is 2.63. The second kappa shape index (κ2) is 7.86. The van der Waals surface area contributed by atoms with Crippen molar-refractivity contribution in [3.63, 3.8) is 0 Å². The third kappa shape index (κ3) is 3.92. The molecule has 0 unspecified atom stereocenters. The van der Waals surface area contributed by atoms with Gasteiger partial charge in [-0.2, -0.15) is 0 Å². The first-order valence-corrected chi connectivity index (χ1v) is 9.15. The van der Waals surface area contributed by atoms with E-state index in [1.165, 1.54) is 5.56 Å². The maximum atomic E-state index is 12.3. The van der Waals surface area contributed by atoms with Gasteiger partial charge in [-0.1, -0.05) is 37.6 Å². The largest absolute Gasteiger partial charge is 0.493 e. The number of halogens is 1. The van der Waals surface area contributed by atoms with Crippen LogP contribution in [0.2, 0.25) is 5.02 Å². The molecule has 6 nitrogen and oxygen atoms in total. The molecule has 0 radical (unpaired) electrons. The van der Waals surface area contributed by atoms with Crippen LogP contribution in [0.3, 0.4) is 0 Å². The highest BCUT2D eigenvalue weighted by Crippen LogP contribution is 2.22. The molecule has 1 heterocycles. The quantitative estimate of drug-likeness (QED) is 0.648. The average molecular weight is 398 g/mol. The number of aromatic nitrogens is 2. The van der Waals surface area contributed by atoms with Crippen molar-refractivity contribution < 1.29 is 5.11 Å². The van der Waals surface area contributed by atoms with Crippen LogP contribution in [-0.4, -0.2) is 20.4 Å². The molecule has 0 saturated carbocycles. The fraction of sp³-hybridized carbons (Fsp3) is 0.190. The molecule has 7 heteroatoms. The highest BCUT2D eigenvalue weighted by Gasteiger charge is 2.18. The molecule has 0 aliphatic carbocycles. The lowest BCUT2D eigenvalue weighted by atomic mass is 10.0. The third-order valence-electron chi connectivity index (χ3n) is 4.39. The van der Waals surface area contributed by atoms with E-state index in [-0.39, 0.29) is 5.56 Å². The van der Waals surface area contributed by atoms with E-state index in [2.05, 4.69) is 23.8 Å². The summed E-state index contributed by atoms with van der Waals surface area (Å²) in [6, 6.07) is 13.9. The summed E-state index contributed by atoms with van der Waals surface area (Å²) >= 11 is 5.88. The minimum absolute atomic E-state index is 0.0671. The van der Waals surface area contributed by atoms with Gasteiger partial charge in [0.15, 0.2) is 0 Å². The second-order valence-corrected chi connectivity index (χ2v) is 7.15. The van der Waals surface area contributed by atoms with Crippen LogP contribution in [0.1, 0.15) is 37.8 Å². The SMILES string of the molecule is CC(=Nc1ccc(C(C)C)cc1)c1c(O)n(-c2ccc(Cl)cc2)c(=O)[nH]c1=O. The maximum absolute atomic E-state index is 12.3. The highest BCUT2D eigenvalue weighted by molar-refractivity contribution is 6.30. The molecule has 2 N–H and O–H groups in total. The van der Waals surface area contributed by atoms with Crippen LogP contribution in [0.4, 0.5) is 5.69 Å². The van der Waals surface area contributed by atoms with Crippen LogP contribution in [0.25, 0.3) is 5.69 Å². The van der Waals surface area contributed by atoms with Crippen molar-refractivity contribution >= 4 is 23.0 Å². The Morgan fingerprint density at radius 2 is 1.68 bits per heavy atom. The lowest BCUT2D eigenvalue weighted by molar-refractivity contribution is 0.430. The summed E-state index contributed by atoms with van der Waals surface area (Å²) in [5.41, 5.74) is 0.966. The van der Waals surface area contributed by atoms with E-state index in [0.717, 1.165) is 4.57 Å². The molecule has 3 rings (SSSR count). The van der Waals surface area contributed by atoms with Crippen LogP contribution in [0.5, 0.6) is 5.88 Å². The molecule has 0 saturated heterocycles. The Hall–Kier alpha value is -3.12. The third-order valence-corrected chi connectivity index (χ3v) is 4.64.